The number of hydrogen-bond acceptors (Lipinski definition) is 15. The van der Waals surface area contributed by atoms with Crippen molar-refractivity contribution in [3.8, 4) is 69.8 Å². The van der Waals surface area contributed by atoms with Crippen LogP contribution in [0.5, 0.6) is 69.8 Å². The summed E-state index contributed by atoms with van der Waals surface area (Å²) in [7, 11) is 0. The molecule has 0 aliphatic heterocycles. The number of hydrogen-bond donors (Lipinski definition) is 0. The predicted octanol–water partition coefficient (Wildman–Crippen LogP) is 12.4. The standard InChI is InChI=1S/C54H51N3O12/c1-4-7-34-61-40-22-28-43(29-23-40)64-49(58)37-10-16-46(17-11-37)67-52-55-53(68-47-18-12-38(13-19-47)50(59)65-44-30-24-41(25-31-44)62-35-8-5-2)57-54(56-52)69-48-20-14-39(15-21-48)51(60)66-45-32-26-42(27-33-45)63-36-9-6-3/h10-33H,4-9,34-36H2,1-3H3. The highest BCUT2D eigenvalue weighted by Crippen LogP contribution is 2.29. The predicted molar refractivity (Wildman–Crippen MR) is 255 cm³/mol. The van der Waals surface area contributed by atoms with Crippen molar-refractivity contribution in [3.05, 3.63) is 162 Å². The van der Waals surface area contributed by atoms with E-state index in [0.717, 1.165) is 38.5 Å². The number of carbonyl (C=O) groups is 3. The third-order valence-corrected chi connectivity index (χ3v) is 9.87. The minimum absolute atomic E-state index is 0.212. The van der Waals surface area contributed by atoms with Crippen molar-refractivity contribution in [2.45, 2.75) is 59.3 Å². The van der Waals surface area contributed by atoms with Crippen molar-refractivity contribution >= 4 is 17.9 Å². The second-order valence-electron chi connectivity index (χ2n) is 15.3. The molecule has 0 aliphatic carbocycles. The molecule has 0 N–H and O–H groups in total. The molecule has 6 aromatic carbocycles. The molecular weight excluding hydrogens is 883 g/mol. The Morgan fingerprint density at radius 2 is 0.536 bits per heavy atom. The fourth-order valence-corrected chi connectivity index (χ4v) is 6.06. The Balaban J connectivity index is 1.03. The molecule has 7 rings (SSSR count). The van der Waals surface area contributed by atoms with Crippen molar-refractivity contribution in [1.82, 2.24) is 15.0 Å². The lowest BCUT2D eigenvalue weighted by atomic mass is 10.2. The number of rotatable bonds is 24. The first-order valence-corrected chi connectivity index (χ1v) is 22.7. The van der Waals surface area contributed by atoms with Gasteiger partial charge in [0.25, 0.3) is 0 Å². The quantitative estimate of drug-likeness (QED) is 0.0318. The topological polar surface area (TPSA) is 173 Å². The molecule has 15 heteroatoms. The van der Waals surface area contributed by atoms with E-state index in [9.17, 15) is 14.4 Å². The first-order valence-electron chi connectivity index (χ1n) is 22.7. The fraction of sp³-hybridized carbons (Fsp3) is 0.222. The lowest BCUT2D eigenvalue weighted by Crippen LogP contribution is -2.08. The second-order valence-corrected chi connectivity index (χ2v) is 15.3. The molecule has 0 fully saturated rings. The van der Waals surface area contributed by atoms with E-state index in [0.29, 0.717) is 54.3 Å². The van der Waals surface area contributed by atoms with Gasteiger partial charge in [-0.25, -0.2) is 14.4 Å². The first kappa shape index (κ1) is 48.5. The van der Waals surface area contributed by atoms with Crippen LogP contribution in [0.25, 0.3) is 0 Å². The SMILES string of the molecule is CCCCOc1ccc(OC(=O)c2ccc(Oc3nc(Oc4ccc(C(=O)Oc5ccc(OCCCC)cc5)cc4)nc(Oc4ccc(C(=O)Oc5ccc(OCCCC)cc5)cc4)n3)cc2)cc1. The minimum Gasteiger partial charge on any atom is -0.494 e. The van der Waals surface area contributed by atoms with Gasteiger partial charge in [0.05, 0.1) is 36.5 Å². The summed E-state index contributed by atoms with van der Waals surface area (Å²) in [6, 6.07) is 38.3. The smallest absolute Gasteiger partial charge is 0.343 e. The van der Waals surface area contributed by atoms with Gasteiger partial charge in [-0.05, 0) is 165 Å². The number of nitrogens with zero attached hydrogens (tertiary/aromatic N) is 3. The summed E-state index contributed by atoms with van der Waals surface area (Å²) < 4.78 is 51.7. The van der Waals surface area contributed by atoms with E-state index in [2.05, 4.69) is 35.7 Å². The zero-order valence-electron chi connectivity index (χ0n) is 38.5. The Bertz CT molecular complexity index is 2420. The molecular formula is C54H51N3O12. The molecule has 0 unspecified atom stereocenters. The average molecular weight is 934 g/mol. The Morgan fingerprint density at radius 3 is 0.768 bits per heavy atom. The van der Waals surface area contributed by atoms with E-state index in [1.165, 1.54) is 36.4 Å². The summed E-state index contributed by atoms with van der Waals surface area (Å²) in [5.41, 5.74) is 0.804. The molecule has 7 aromatic rings. The van der Waals surface area contributed by atoms with E-state index < -0.39 is 17.9 Å². The molecule has 1 heterocycles. The van der Waals surface area contributed by atoms with Crippen molar-refractivity contribution in [3.63, 3.8) is 0 Å². The van der Waals surface area contributed by atoms with Gasteiger partial charge in [-0.1, -0.05) is 40.0 Å². The Kier molecular flexibility index (Phi) is 17.5. The van der Waals surface area contributed by atoms with E-state index in [-0.39, 0.29) is 52.0 Å². The van der Waals surface area contributed by atoms with Crippen molar-refractivity contribution in [2.24, 2.45) is 0 Å². The van der Waals surface area contributed by atoms with Gasteiger partial charge in [-0.3, -0.25) is 0 Å². The molecule has 0 saturated carbocycles. The largest absolute Gasteiger partial charge is 0.494 e. The maximum absolute atomic E-state index is 13.0. The zero-order valence-corrected chi connectivity index (χ0v) is 38.5. The Hall–Kier alpha value is -8.46. The lowest BCUT2D eigenvalue weighted by molar-refractivity contribution is 0.0725. The highest BCUT2D eigenvalue weighted by molar-refractivity contribution is 5.92. The molecule has 0 bridgehead atoms. The normalized spacial score (nSPS) is 10.7. The first-order chi connectivity index (χ1) is 33.7. The van der Waals surface area contributed by atoms with Crippen LogP contribution in [0.2, 0.25) is 0 Å². The second kappa shape index (κ2) is 24.9. The molecule has 0 spiro atoms. The lowest BCUT2D eigenvalue weighted by Gasteiger charge is -2.11. The fourth-order valence-electron chi connectivity index (χ4n) is 6.06. The minimum atomic E-state index is -0.574. The van der Waals surface area contributed by atoms with Crippen LogP contribution in [0.15, 0.2) is 146 Å². The van der Waals surface area contributed by atoms with Crippen LogP contribution < -0.4 is 42.6 Å². The molecule has 0 saturated heterocycles. The average Bonchev–Trinajstić information content (AvgIpc) is 3.36. The number of esters is 3. The molecule has 0 atom stereocenters. The van der Waals surface area contributed by atoms with Crippen LogP contribution >= 0.6 is 0 Å². The van der Waals surface area contributed by atoms with Crippen LogP contribution in [0.1, 0.15) is 90.4 Å². The molecule has 1 aromatic heterocycles. The molecule has 0 radical (unpaired) electrons. The van der Waals surface area contributed by atoms with Crippen LogP contribution in [-0.4, -0.2) is 52.7 Å². The van der Waals surface area contributed by atoms with Crippen LogP contribution in [-0.2, 0) is 0 Å². The van der Waals surface area contributed by atoms with Gasteiger partial charge in [0, 0.05) is 0 Å². The van der Waals surface area contributed by atoms with E-state index in [1.54, 1.807) is 109 Å². The van der Waals surface area contributed by atoms with Crippen molar-refractivity contribution in [2.75, 3.05) is 19.8 Å². The van der Waals surface area contributed by atoms with E-state index in [4.69, 9.17) is 42.6 Å². The molecule has 354 valence electrons. The van der Waals surface area contributed by atoms with Gasteiger partial charge < -0.3 is 42.6 Å². The van der Waals surface area contributed by atoms with Gasteiger partial charge in [-0.2, -0.15) is 0 Å². The number of aromatic nitrogens is 3. The van der Waals surface area contributed by atoms with Crippen molar-refractivity contribution < 1.29 is 57.0 Å². The Morgan fingerprint density at radius 1 is 0.319 bits per heavy atom. The maximum Gasteiger partial charge on any atom is 0.343 e. The summed E-state index contributed by atoms with van der Waals surface area (Å²) in [6.07, 6.45) is 5.90. The van der Waals surface area contributed by atoms with Crippen LogP contribution in [0.3, 0.4) is 0 Å². The Labute approximate surface area is 399 Å². The van der Waals surface area contributed by atoms with E-state index >= 15 is 0 Å². The summed E-state index contributed by atoms with van der Waals surface area (Å²) in [5, 5.41) is 0. The molecule has 0 amide bonds. The van der Waals surface area contributed by atoms with Crippen molar-refractivity contribution in [1.29, 1.82) is 0 Å². The maximum atomic E-state index is 13.0. The van der Waals surface area contributed by atoms with Gasteiger partial charge >= 0.3 is 35.9 Å². The summed E-state index contributed by atoms with van der Waals surface area (Å²) in [6.45, 7) is 8.09. The van der Waals surface area contributed by atoms with Gasteiger partial charge in [0.15, 0.2) is 0 Å². The van der Waals surface area contributed by atoms with Gasteiger partial charge in [0.2, 0.25) is 0 Å². The number of ether oxygens (including phenoxy) is 9. The highest BCUT2D eigenvalue weighted by Gasteiger charge is 2.17. The molecule has 15 nitrogen and oxygen atoms in total. The molecule has 69 heavy (non-hydrogen) atoms. The monoisotopic (exact) mass is 933 g/mol. The summed E-state index contributed by atoms with van der Waals surface area (Å²) >= 11 is 0. The number of carbonyl (C=O) groups excluding carboxylic acids is 3. The van der Waals surface area contributed by atoms with Gasteiger partial charge in [-0.15, -0.1) is 15.0 Å². The molecule has 0 aliphatic rings. The van der Waals surface area contributed by atoms with Crippen LogP contribution in [0.4, 0.5) is 0 Å². The third kappa shape index (κ3) is 15.0. The highest BCUT2D eigenvalue weighted by atomic mass is 16.6. The van der Waals surface area contributed by atoms with Crippen LogP contribution in [0, 0.1) is 0 Å². The number of unbranched alkanes of at least 4 members (excludes halogenated alkanes) is 3. The van der Waals surface area contributed by atoms with E-state index in [1.807, 2.05) is 0 Å². The number of benzene rings is 6. The summed E-state index contributed by atoms with van der Waals surface area (Å²) in [5.74, 6) is 2.24. The zero-order chi connectivity index (χ0) is 48.2. The summed E-state index contributed by atoms with van der Waals surface area (Å²) in [4.78, 5) is 51.9. The third-order valence-electron chi connectivity index (χ3n) is 9.87. The van der Waals surface area contributed by atoms with Gasteiger partial charge in [0.1, 0.15) is 51.7 Å².